The first-order chi connectivity index (χ1) is 12.9. The van der Waals surface area contributed by atoms with Crippen LogP contribution in [0.3, 0.4) is 0 Å². The lowest BCUT2D eigenvalue weighted by molar-refractivity contribution is -0.121. The van der Waals surface area contributed by atoms with Crippen molar-refractivity contribution in [2.45, 2.75) is 13.5 Å². The van der Waals surface area contributed by atoms with Crippen molar-refractivity contribution in [1.82, 2.24) is 4.90 Å². The van der Waals surface area contributed by atoms with Gasteiger partial charge in [0, 0.05) is 6.54 Å². The molecule has 0 unspecified atom stereocenters. The highest BCUT2D eigenvalue weighted by Gasteiger charge is 2.30. The Morgan fingerprint density at radius 2 is 1.89 bits per heavy atom. The van der Waals surface area contributed by atoms with Crippen molar-refractivity contribution in [1.29, 1.82) is 0 Å². The number of ether oxygens (including phenoxy) is 1. The van der Waals surface area contributed by atoms with Gasteiger partial charge in [0.15, 0.2) is 0 Å². The molecule has 1 fully saturated rings. The zero-order valence-electron chi connectivity index (χ0n) is 14.2. The van der Waals surface area contributed by atoms with Gasteiger partial charge < -0.3 is 4.74 Å². The molecule has 0 N–H and O–H groups in total. The van der Waals surface area contributed by atoms with E-state index in [1.165, 1.54) is 11.8 Å². The molecule has 0 bridgehead atoms. The predicted octanol–water partition coefficient (Wildman–Crippen LogP) is 6.45. The molecule has 8 heteroatoms. The summed E-state index contributed by atoms with van der Waals surface area (Å²) >= 11 is 24.8. The van der Waals surface area contributed by atoms with Crippen molar-refractivity contribution in [3.63, 3.8) is 0 Å². The Bertz CT molecular complexity index is 947. The molecule has 3 rings (SSSR count). The van der Waals surface area contributed by atoms with Gasteiger partial charge >= 0.3 is 0 Å². The lowest BCUT2D eigenvalue weighted by Crippen LogP contribution is -2.27. The third-order valence-corrected chi connectivity index (χ3v) is 6.23. The van der Waals surface area contributed by atoms with Crippen LogP contribution in [0.1, 0.15) is 18.1 Å². The maximum atomic E-state index is 12.3. The van der Waals surface area contributed by atoms with E-state index in [0.717, 1.165) is 11.1 Å². The maximum Gasteiger partial charge on any atom is 0.266 e. The first-order valence-corrected chi connectivity index (χ1v) is 10.4. The number of hydrogen-bond donors (Lipinski definition) is 0. The largest absolute Gasteiger partial charge is 0.487 e. The third kappa shape index (κ3) is 4.79. The summed E-state index contributed by atoms with van der Waals surface area (Å²) in [6.07, 6.45) is 1.78. The van der Waals surface area contributed by atoms with Crippen molar-refractivity contribution in [2.24, 2.45) is 0 Å². The van der Waals surface area contributed by atoms with Crippen molar-refractivity contribution in [2.75, 3.05) is 6.54 Å². The maximum absolute atomic E-state index is 12.3. The number of thioether (sulfide) groups is 1. The first kappa shape index (κ1) is 20.5. The molecular weight excluding hydrogens is 445 g/mol. The lowest BCUT2D eigenvalue weighted by atomic mass is 10.2. The van der Waals surface area contributed by atoms with Crippen LogP contribution in [-0.2, 0) is 11.4 Å². The average Bonchev–Trinajstić information content (AvgIpc) is 2.90. The van der Waals surface area contributed by atoms with Crippen molar-refractivity contribution in [3.8, 4) is 5.75 Å². The lowest BCUT2D eigenvalue weighted by Gasteiger charge is -2.10. The Labute approximate surface area is 182 Å². The van der Waals surface area contributed by atoms with Crippen LogP contribution in [0.4, 0.5) is 0 Å². The second kappa shape index (κ2) is 8.84. The zero-order valence-corrected chi connectivity index (χ0v) is 18.1. The number of likely N-dealkylation sites (N-methyl/N-ethyl adjacent to an activating group) is 1. The van der Waals surface area contributed by atoms with E-state index in [9.17, 15) is 4.79 Å². The number of amides is 1. The van der Waals surface area contributed by atoms with E-state index < -0.39 is 0 Å². The van der Waals surface area contributed by atoms with Crippen molar-refractivity contribution >= 4 is 75.1 Å². The zero-order chi connectivity index (χ0) is 19.6. The minimum Gasteiger partial charge on any atom is -0.487 e. The number of carbonyl (C=O) groups excluding carboxylic acids is 1. The second-order valence-electron chi connectivity index (χ2n) is 5.65. The molecule has 27 heavy (non-hydrogen) atoms. The van der Waals surface area contributed by atoms with Crippen LogP contribution >= 0.6 is 58.8 Å². The first-order valence-electron chi connectivity index (χ1n) is 8.00. The Balaban J connectivity index is 1.72. The number of rotatable bonds is 5. The average molecular weight is 459 g/mol. The van der Waals surface area contributed by atoms with Gasteiger partial charge in [0.05, 0.1) is 20.0 Å². The fourth-order valence-electron chi connectivity index (χ4n) is 2.44. The van der Waals surface area contributed by atoms with E-state index in [1.54, 1.807) is 35.2 Å². The molecule has 0 radical (unpaired) electrons. The summed E-state index contributed by atoms with van der Waals surface area (Å²) in [5.41, 5.74) is 1.69. The van der Waals surface area contributed by atoms with Gasteiger partial charge in [0.2, 0.25) is 0 Å². The monoisotopic (exact) mass is 457 g/mol. The van der Waals surface area contributed by atoms with Gasteiger partial charge in [-0.25, -0.2) is 0 Å². The molecule has 140 valence electrons. The van der Waals surface area contributed by atoms with E-state index in [4.69, 9.17) is 51.8 Å². The summed E-state index contributed by atoms with van der Waals surface area (Å²) in [5.74, 6) is 0.463. The quantitative estimate of drug-likeness (QED) is 0.380. The highest BCUT2D eigenvalue weighted by molar-refractivity contribution is 8.26. The number of carbonyl (C=O) groups is 1. The fourth-order valence-corrected chi connectivity index (χ4v) is 4.39. The van der Waals surface area contributed by atoms with Gasteiger partial charge in [-0.1, -0.05) is 70.9 Å². The summed E-state index contributed by atoms with van der Waals surface area (Å²) in [7, 11) is 0. The van der Waals surface area contributed by atoms with Crippen LogP contribution in [-0.4, -0.2) is 21.7 Å². The molecule has 0 aliphatic carbocycles. The van der Waals surface area contributed by atoms with Gasteiger partial charge in [-0.15, -0.1) is 0 Å². The molecule has 3 nitrogen and oxygen atoms in total. The standard InChI is InChI=1S/C19H14Cl3NO2S2/c1-2-23-18(24)17(27-19(23)26)9-11-4-6-16(15(22)7-11)25-10-12-3-5-13(20)14(21)8-12/h3-9H,2,10H2,1H3/b17-9-. The fraction of sp³-hybridized carbons (Fsp3) is 0.158. The molecule has 1 amide bonds. The molecular formula is C19H14Cl3NO2S2. The number of nitrogens with zero attached hydrogens (tertiary/aromatic N) is 1. The van der Waals surface area contributed by atoms with E-state index in [2.05, 4.69) is 0 Å². The normalized spacial score (nSPS) is 15.7. The van der Waals surface area contributed by atoms with Crippen LogP contribution in [0.2, 0.25) is 15.1 Å². The second-order valence-corrected chi connectivity index (χ2v) is 8.55. The molecule has 0 saturated carbocycles. The number of hydrogen-bond acceptors (Lipinski definition) is 4. The van der Waals surface area contributed by atoms with Gasteiger partial charge in [-0.3, -0.25) is 9.69 Å². The molecule has 2 aromatic carbocycles. The highest BCUT2D eigenvalue weighted by atomic mass is 35.5. The SMILES string of the molecule is CCN1C(=O)/C(=C/c2ccc(OCc3ccc(Cl)c(Cl)c3)c(Cl)c2)SC1=S. The van der Waals surface area contributed by atoms with Crippen molar-refractivity contribution < 1.29 is 9.53 Å². The Hall–Kier alpha value is -1.24. The predicted molar refractivity (Wildman–Crippen MR) is 118 cm³/mol. The van der Waals surface area contributed by atoms with Crippen LogP contribution < -0.4 is 4.74 Å². The third-order valence-electron chi connectivity index (χ3n) is 3.82. The molecule has 1 aliphatic heterocycles. The van der Waals surface area contributed by atoms with Crippen LogP contribution in [0.15, 0.2) is 41.3 Å². The van der Waals surface area contributed by atoms with Crippen LogP contribution in [0, 0.1) is 0 Å². The minimum absolute atomic E-state index is 0.0800. The van der Waals surface area contributed by atoms with E-state index >= 15 is 0 Å². The summed E-state index contributed by atoms with van der Waals surface area (Å²) in [4.78, 5) is 14.4. The van der Waals surface area contributed by atoms with Gasteiger partial charge in [0.25, 0.3) is 5.91 Å². The molecule has 0 aromatic heterocycles. The summed E-state index contributed by atoms with van der Waals surface area (Å²) in [6.45, 7) is 2.76. The smallest absolute Gasteiger partial charge is 0.266 e. The van der Waals surface area contributed by atoms with Gasteiger partial charge in [-0.2, -0.15) is 0 Å². The van der Waals surface area contributed by atoms with E-state index in [-0.39, 0.29) is 5.91 Å². The molecule has 2 aromatic rings. The Morgan fingerprint density at radius 1 is 1.11 bits per heavy atom. The molecule has 1 heterocycles. The van der Waals surface area contributed by atoms with Crippen LogP contribution in [0.5, 0.6) is 5.75 Å². The number of thiocarbonyl (C=S) groups is 1. The minimum atomic E-state index is -0.0800. The summed E-state index contributed by atoms with van der Waals surface area (Å²) < 4.78 is 6.33. The molecule has 1 saturated heterocycles. The molecule has 1 aliphatic rings. The highest BCUT2D eigenvalue weighted by Crippen LogP contribution is 2.34. The Morgan fingerprint density at radius 3 is 2.52 bits per heavy atom. The van der Waals surface area contributed by atoms with Gasteiger partial charge in [0.1, 0.15) is 16.7 Å². The molecule has 0 spiro atoms. The summed E-state index contributed by atoms with van der Waals surface area (Å²) in [6, 6.07) is 10.7. The number of benzene rings is 2. The Kier molecular flexibility index (Phi) is 6.71. The molecule has 0 atom stereocenters. The van der Waals surface area contributed by atoms with Crippen LogP contribution in [0.25, 0.3) is 6.08 Å². The van der Waals surface area contributed by atoms with E-state index in [0.29, 0.717) is 43.2 Å². The van der Waals surface area contributed by atoms with Gasteiger partial charge in [-0.05, 0) is 48.4 Å². The van der Waals surface area contributed by atoms with E-state index in [1.807, 2.05) is 19.1 Å². The topological polar surface area (TPSA) is 29.5 Å². The number of halogens is 3. The van der Waals surface area contributed by atoms with Crippen molar-refractivity contribution in [3.05, 3.63) is 67.5 Å². The summed E-state index contributed by atoms with van der Waals surface area (Å²) in [5, 5.41) is 1.43.